The topological polar surface area (TPSA) is 58.9 Å². The highest BCUT2D eigenvalue weighted by molar-refractivity contribution is 5.48. The van der Waals surface area contributed by atoms with Crippen LogP contribution in [-0.4, -0.2) is 37.7 Å². The Labute approximate surface area is 209 Å². The van der Waals surface area contributed by atoms with E-state index in [1.807, 2.05) is 29.8 Å². The first-order chi connectivity index (χ1) is 17.3. The number of hydrogen-bond acceptors (Lipinski definition) is 5. The second-order valence-electron chi connectivity index (χ2n) is 10.4. The number of halogens is 3. The summed E-state index contributed by atoms with van der Waals surface area (Å²) in [4.78, 5) is 6.49. The summed E-state index contributed by atoms with van der Waals surface area (Å²) in [5, 5.41) is 11.5. The van der Waals surface area contributed by atoms with E-state index in [4.69, 9.17) is 0 Å². The van der Waals surface area contributed by atoms with E-state index in [2.05, 4.69) is 38.4 Å². The maximum atomic E-state index is 14.0. The Balaban J connectivity index is 1.32. The number of pyridine rings is 1. The lowest BCUT2D eigenvalue weighted by Gasteiger charge is -2.31. The van der Waals surface area contributed by atoms with Crippen molar-refractivity contribution >= 4 is 5.69 Å². The number of benzene rings is 1. The zero-order valence-electron chi connectivity index (χ0n) is 20.8. The first-order valence-electron chi connectivity index (χ1n) is 12.7. The Morgan fingerprint density at radius 3 is 2.69 bits per heavy atom. The number of piperidine rings is 1. The highest BCUT2D eigenvalue weighted by Crippen LogP contribution is 2.46. The van der Waals surface area contributed by atoms with Crippen LogP contribution in [0, 0.1) is 11.8 Å². The fraction of sp³-hybridized carbons (Fsp3) is 0.519. The van der Waals surface area contributed by atoms with Gasteiger partial charge in [0.15, 0.2) is 0 Å². The average molecular weight is 499 g/mol. The van der Waals surface area contributed by atoms with Crippen LogP contribution >= 0.6 is 0 Å². The molecule has 0 radical (unpaired) electrons. The van der Waals surface area contributed by atoms with Gasteiger partial charge in [0, 0.05) is 37.9 Å². The molecule has 3 aromatic rings. The second-order valence-corrected chi connectivity index (χ2v) is 10.4. The predicted molar refractivity (Wildman–Crippen MR) is 132 cm³/mol. The van der Waals surface area contributed by atoms with Crippen molar-refractivity contribution in [1.29, 1.82) is 0 Å². The summed E-state index contributed by atoms with van der Waals surface area (Å²) in [6.45, 7) is 4.52. The summed E-state index contributed by atoms with van der Waals surface area (Å²) in [5.41, 5.74) is 1.81. The SMILES string of the molecule is C[C@H]1CCCN(Cc2cnc(CNc3cccc([C@@H](c4nncn4C)C4CC4)c3)c(C(F)(F)F)c2)C1. The number of rotatable bonds is 8. The van der Waals surface area contributed by atoms with Gasteiger partial charge in [0.25, 0.3) is 0 Å². The molecule has 0 amide bonds. The molecule has 1 saturated heterocycles. The summed E-state index contributed by atoms with van der Waals surface area (Å²) in [6.07, 6.45) is 3.37. The van der Waals surface area contributed by atoms with Gasteiger partial charge in [-0.25, -0.2) is 0 Å². The first-order valence-corrected chi connectivity index (χ1v) is 12.7. The van der Waals surface area contributed by atoms with Gasteiger partial charge in [-0.05, 0) is 73.4 Å². The summed E-state index contributed by atoms with van der Waals surface area (Å²) in [6, 6.07) is 9.15. The molecule has 0 bridgehead atoms. The van der Waals surface area contributed by atoms with Gasteiger partial charge in [-0.2, -0.15) is 13.2 Å². The molecule has 1 aliphatic carbocycles. The third-order valence-corrected chi connectivity index (χ3v) is 7.30. The number of hydrogen-bond donors (Lipinski definition) is 1. The number of anilines is 1. The summed E-state index contributed by atoms with van der Waals surface area (Å²) >= 11 is 0. The Hall–Kier alpha value is -2.94. The number of alkyl halides is 3. The molecule has 6 nitrogen and oxygen atoms in total. The summed E-state index contributed by atoms with van der Waals surface area (Å²) in [7, 11) is 1.94. The minimum atomic E-state index is -4.46. The van der Waals surface area contributed by atoms with E-state index < -0.39 is 11.7 Å². The van der Waals surface area contributed by atoms with Crippen molar-refractivity contribution in [1.82, 2.24) is 24.6 Å². The van der Waals surface area contributed by atoms with Crippen LogP contribution in [0.25, 0.3) is 0 Å². The van der Waals surface area contributed by atoms with Crippen molar-refractivity contribution < 1.29 is 13.2 Å². The Morgan fingerprint density at radius 1 is 1.17 bits per heavy atom. The second kappa shape index (κ2) is 10.2. The van der Waals surface area contributed by atoms with Crippen LogP contribution < -0.4 is 5.32 Å². The third-order valence-electron chi connectivity index (χ3n) is 7.30. The van der Waals surface area contributed by atoms with Crippen LogP contribution in [0.15, 0.2) is 42.9 Å². The van der Waals surface area contributed by atoms with Crippen molar-refractivity contribution in [3.63, 3.8) is 0 Å². The Bertz CT molecular complexity index is 1190. The molecule has 5 rings (SSSR count). The van der Waals surface area contributed by atoms with Crippen LogP contribution in [0.3, 0.4) is 0 Å². The molecule has 9 heteroatoms. The molecule has 3 heterocycles. The highest BCUT2D eigenvalue weighted by atomic mass is 19.4. The zero-order valence-corrected chi connectivity index (χ0v) is 20.8. The monoisotopic (exact) mass is 498 g/mol. The van der Waals surface area contributed by atoms with Crippen LogP contribution in [-0.2, 0) is 26.3 Å². The molecular weight excluding hydrogens is 465 g/mol. The van der Waals surface area contributed by atoms with Crippen molar-refractivity contribution in [3.05, 3.63) is 71.1 Å². The molecule has 1 aliphatic heterocycles. The molecule has 2 aliphatic rings. The molecule has 1 saturated carbocycles. The quantitative estimate of drug-likeness (QED) is 0.437. The predicted octanol–water partition coefficient (Wildman–Crippen LogP) is 5.61. The van der Waals surface area contributed by atoms with Crippen molar-refractivity contribution in [3.8, 4) is 0 Å². The van der Waals surface area contributed by atoms with Crippen LogP contribution in [0.1, 0.15) is 66.7 Å². The van der Waals surface area contributed by atoms with Gasteiger partial charge >= 0.3 is 6.18 Å². The fourth-order valence-electron chi connectivity index (χ4n) is 5.36. The number of aromatic nitrogens is 4. The van der Waals surface area contributed by atoms with E-state index in [1.54, 1.807) is 12.5 Å². The van der Waals surface area contributed by atoms with Crippen molar-refractivity contribution in [2.75, 3.05) is 18.4 Å². The van der Waals surface area contributed by atoms with Gasteiger partial charge in [0.05, 0.1) is 17.8 Å². The highest BCUT2D eigenvalue weighted by Gasteiger charge is 2.37. The van der Waals surface area contributed by atoms with Crippen molar-refractivity contribution in [2.24, 2.45) is 18.9 Å². The zero-order chi connectivity index (χ0) is 25.3. The number of nitrogens with zero attached hydrogens (tertiary/aromatic N) is 5. The van der Waals surface area contributed by atoms with Crippen LogP contribution in [0.5, 0.6) is 0 Å². The molecule has 36 heavy (non-hydrogen) atoms. The first kappa shape index (κ1) is 24.7. The number of nitrogens with one attached hydrogen (secondary N) is 1. The standard InChI is InChI=1S/C27H33F3N6/c1-18-5-4-10-36(15-18)16-19-11-23(27(28,29)30)24(32-13-19)14-31-22-7-3-6-21(12-22)25(20-8-9-20)26-34-33-17-35(26)2/h3,6-7,11-13,17-18,20,25,31H,4-5,8-10,14-16H2,1-2H3/t18-,25-/m0/s1. The van der Waals surface area contributed by atoms with E-state index in [1.165, 1.54) is 12.5 Å². The Kier molecular flexibility index (Phi) is 7.01. The molecule has 1 aromatic carbocycles. The van der Waals surface area contributed by atoms with E-state index in [9.17, 15) is 13.2 Å². The lowest BCUT2D eigenvalue weighted by Crippen LogP contribution is -2.33. The minimum Gasteiger partial charge on any atom is -0.379 e. The molecule has 192 valence electrons. The molecule has 2 atom stereocenters. The van der Waals surface area contributed by atoms with Gasteiger partial charge in [0.2, 0.25) is 0 Å². The van der Waals surface area contributed by atoms with E-state index in [0.717, 1.165) is 49.4 Å². The maximum absolute atomic E-state index is 14.0. The molecule has 2 aromatic heterocycles. The van der Waals surface area contributed by atoms with Crippen LogP contribution in [0.4, 0.5) is 18.9 Å². The Morgan fingerprint density at radius 2 is 2.00 bits per heavy atom. The lowest BCUT2D eigenvalue weighted by molar-refractivity contribution is -0.138. The third kappa shape index (κ3) is 5.72. The van der Waals surface area contributed by atoms with Crippen molar-refractivity contribution in [2.45, 2.75) is 57.8 Å². The molecule has 2 fully saturated rings. The molecule has 0 unspecified atom stereocenters. The normalized spacial score (nSPS) is 19.9. The van der Waals surface area contributed by atoms with Gasteiger partial charge < -0.3 is 9.88 Å². The van der Waals surface area contributed by atoms with E-state index in [0.29, 0.717) is 23.9 Å². The minimum absolute atomic E-state index is 0.00260. The van der Waals surface area contributed by atoms with Crippen LogP contribution in [0.2, 0.25) is 0 Å². The van der Waals surface area contributed by atoms with E-state index in [-0.39, 0.29) is 18.2 Å². The van der Waals surface area contributed by atoms with Gasteiger partial charge in [-0.15, -0.1) is 10.2 Å². The lowest BCUT2D eigenvalue weighted by atomic mass is 9.93. The molecular formula is C27H33F3N6. The maximum Gasteiger partial charge on any atom is 0.418 e. The number of aryl methyl sites for hydroxylation is 1. The molecule has 1 N–H and O–H groups in total. The van der Waals surface area contributed by atoms with Gasteiger partial charge in [0.1, 0.15) is 12.2 Å². The largest absolute Gasteiger partial charge is 0.418 e. The molecule has 0 spiro atoms. The van der Waals surface area contributed by atoms with Gasteiger partial charge in [-0.3, -0.25) is 9.88 Å². The summed E-state index contributed by atoms with van der Waals surface area (Å²) in [5.74, 6) is 2.12. The van der Waals surface area contributed by atoms with Gasteiger partial charge in [-0.1, -0.05) is 19.1 Å². The number of likely N-dealkylation sites (tertiary alicyclic amines) is 1. The fourth-order valence-corrected chi connectivity index (χ4v) is 5.36. The smallest absolute Gasteiger partial charge is 0.379 e. The summed E-state index contributed by atoms with van der Waals surface area (Å²) < 4.78 is 43.8. The van der Waals surface area contributed by atoms with E-state index >= 15 is 0 Å². The average Bonchev–Trinajstić information content (AvgIpc) is 3.59.